The second-order valence-electron chi connectivity index (χ2n) is 4.86. The third kappa shape index (κ3) is 5.23. The van der Waals surface area contributed by atoms with Gasteiger partial charge in [0.2, 0.25) is 0 Å². The molecule has 0 N–H and O–H groups in total. The molecule has 0 heterocycles. The SMILES string of the molecule is COc1ccc(C(=O)COC(=O)COc2ccc(C#N)cc2)cc1Cl. The fraction of sp³-hybridized carbons (Fsp3) is 0.167. The summed E-state index contributed by atoms with van der Waals surface area (Å²) in [6.07, 6.45) is 0. The van der Waals surface area contributed by atoms with Gasteiger partial charge in [-0.15, -0.1) is 0 Å². The van der Waals surface area contributed by atoms with Crippen LogP contribution in [-0.4, -0.2) is 32.1 Å². The average molecular weight is 360 g/mol. The first-order valence-corrected chi connectivity index (χ1v) is 7.56. The van der Waals surface area contributed by atoms with Gasteiger partial charge in [0, 0.05) is 5.56 Å². The number of carbonyl (C=O) groups excluding carboxylic acids is 2. The molecule has 2 rings (SSSR count). The number of ketones is 1. The highest BCUT2D eigenvalue weighted by molar-refractivity contribution is 6.32. The first kappa shape index (κ1) is 18.3. The van der Waals surface area contributed by atoms with Crippen molar-refractivity contribution >= 4 is 23.4 Å². The maximum absolute atomic E-state index is 12.0. The Kier molecular flexibility index (Phi) is 6.38. The maximum atomic E-state index is 12.0. The van der Waals surface area contributed by atoms with E-state index in [1.165, 1.54) is 19.2 Å². The van der Waals surface area contributed by atoms with Crippen LogP contribution in [0.2, 0.25) is 5.02 Å². The normalized spacial score (nSPS) is 9.80. The molecule has 2 aromatic carbocycles. The molecular weight excluding hydrogens is 346 g/mol. The maximum Gasteiger partial charge on any atom is 0.344 e. The van der Waals surface area contributed by atoms with Gasteiger partial charge in [-0.3, -0.25) is 4.79 Å². The molecule has 7 heteroatoms. The molecule has 0 aliphatic rings. The van der Waals surface area contributed by atoms with Crippen LogP contribution < -0.4 is 9.47 Å². The van der Waals surface area contributed by atoms with E-state index in [1.54, 1.807) is 30.3 Å². The number of rotatable bonds is 7. The van der Waals surface area contributed by atoms with Gasteiger partial charge in [-0.25, -0.2) is 4.79 Å². The Morgan fingerprint density at radius 1 is 1.12 bits per heavy atom. The number of nitriles is 1. The van der Waals surface area contributed by atoms with Crippen LogP contribution in [0.1, 0.15) is 15.9 Å². The van der Waals surface area contributed by atoms with Crippen molar-refractivity contribution in [2.75, 3.05) is 20.3 Å². The lowest BCUT2D eigenvalue weighted by atomic mass is 10.1. The van der Waals surface area contributed by atoms with Crippen molar-refractivity contribution in [3.63, 3.8) is 0 Å². The Bertz CT molecular complexity index is 811. The molecule has 25 heavy (non-hydrogen) atoms. The summed E-state index contributed by atoms with van der Waals surface area (Å²) in [7, 11) is 1.47. The Morgan fingerprint density at radius 2 is 1.84 bits per heavy atom. The summed E-state index contributed by atoms with van der Waals surface area (Å²) >= 11 is 5.95. The first-order valence-electron chi connectivity index (χ1n) is 7.19. The molecule has 0 bridgehead atoms. The molecule has 0 atom stereocenters. The number of carbonyl (C=O) groups is 2. The molecule has 0 aromatic heterocycles. The lowest BCUT2D eigenvalue weighted by Gasteiger charge is -2.08. The number of benzene rings is 2. The number of Topliss-reactive ketones (excluding diaryl/α,β-unsaturated/α-hetero) is 1. The van der Waals surface area contributed by atoms with Gasteiger partial charge in [-0.1, -0.05) is 11.6 Å². The minimum Gasteiger partial charge on any atom is -0.495 e. The highest BCUT2D eigenvalue weighted by atomic mass is 35.5. The van der Waals surface area contributed by atoms with Gasteiger partial charge in [-0.2, -0.15) is 5.26 Å². The topological polar surface area (TPSA) is 85.6 Å². The zero-order valence-electron chi connectivity index (χ0n) is 13.3. The molecule has 0 saturated heterocycles. The Balaban J connectivity index is 1.81. The Morgan fingerprint density at radius 3 is 2.44 bits per heavy atom. The number of hydrogen-bond donors (Lipinski definition) is 0. The van der Waals surface area contributed by atoms with Crippen LogP contribution in [0.3, 0.4) is 0 Å². The number of methoxy groups -OCH3 is 1. The summed E-state index contributed by atoms with van der Waals surface area (Å²) in [6, 6.07) is 12.8. The Labute approximate surface area is 149 Å². The fourth-order valence-electron chi connectivity index (χ4n) is 1.88. The zero-order valence-corrected chi connectivity index (χ0v) is 14.1. The number of hydrogen-bond acceptors (Lipinski definition) is 6. The predicted molar refractivity (Wildman–Crippen MR) is 89.9 cm³/mol. The predicted octanol–water partition coefficient (Wildman–Crippen LogP) is 3.03. The lowest BCUT2D eigenvalue weighted by molar-refractivity contribution is -0.144. The van der Waals surface area contributed by atoms with Crippen LogP contribution in [-0.2, 0) is 9.53 Å². The van der Waals surface area contributed by atoms with Crippen molar-refractivity contribution in [3.8, 4) is 17.6 Å². The minimum atomic E-state index is -0.683. The van der Waals surface area contributed by atoms with Crippen molar-refractivity contribution in [2.45, 2.75) is 0 Å². The van der Waals surface area contributed by atoms with Crippen LogP contribution in [0.4, 0.5) is 0 Å². The van der Waals surface area contributed by atoms with Crippen molar-refractivity contribution in [2.24, 2.45) is 0 Å². The van der Waals surface area contributed by atoms with Crippen LogP contribution >= 0.6 is 11.6 Å². The van der Waals surface area contributed by atoms with Gasteiger partial charge in [0.1, 0.15) is 11.5 Å². The fourth-order valence-corrected chi connectivity index (χ4v) is 2.14. The van der Waals surface area contributed by atoms with E-state index >= 15 is 0 Å². The van der Waals surface area contributed by atoms with Crippen molar-refractivity contribution in [1.82, 2.24) is 0 Å². The smallest absolute Gasteiger partial charge is 0.344 e. The van der Waals surface area contributed by atoms with E-state index in [0.717, 1.165) is 0 Å². The molecular formula is C18H14ClNO5. The van der Waals surface area contributed by atoms with Crippen LogP contribution in [0.5, 0.6) is 11.5 Å². The van der Waals surface area contributed by atoms with Gasteiger partial charge in [-0.05, 0) is 42.5 Å². The summed E-state index contributed by atoms with van der Waals surface area (Å²) in [5.74, 6) is -0.205. The monoisotopic (exact) mass is 359 g/mol. The van der Waals surface area contributed by atoms with Gasteiger partial charge >= 0.3 is 5.97 Å². The van der Waals surface area contributed by atoms with E-state index < -0.39 is 18.4 Å². The quantitative estimate of drug-likeness (QED) is 0.558. The molecule has 0 saturated carbocycles. The van der Waals surface area contributed by atoms with Crippen LogP contribution in [0.25, 0.3) is 0 Å². The van der Waals surface area contributed by atoms with Crippen LogP contribution in [0, 0.1) is 11.3 Å². The molecule has 0 amide bonds. The molecule has 0 unspecified atom stereocenters. The van der Waals surface area contributed by atoms with Gasteiger partial charge in [0.15, 0.2) is 19.0 Å². The molecule has 128 valence electrons. The minimum absolute atomic E-state index is 0.295. The first-order chi connectivity index (χ1) is 12.0. The van der Waals surface area contributed by atoms with Crippen molar-refractivity contribution in [1.29, 1.82) is 5.26 Å². The molecule has 0 fully saturated rings. The number of ether oxygens (including phenoxy) is 3. The number of halogens is 1. The summed E-state index contributed by atoms with van der Waals surface area (Å²) in [4.78, 5) is 23.6. The van der Waals surface area contributed by atoms with Gasteiger partial charge in [0.05, 0.1) is 23.8 Å². The van der Waals surface area contributed by atoms with Crippen molar-refractivity contribution in [3.05, 3.63) is 58.6 Å². The molecule has 2 aromatic rings. The van der Waals surface area contributed by atoms with E-state index in [2.05, 4.69) is 0 Å². The van der Waals surface area contributed by atoms with E-state index in [9.17, 15) is 9.59 Å². The summed E-state index contributed by atoms with van der Waals surface area (Å²) < 4.78 is 15.1. The molecule has 6 nitrogen and oxygen atoms in total. The number of esters is 1. The van der Waals surface area contributed by atoms with E-state index in [4.69, 9.17) is 31.1 Å². The van der Waals surface area contributed by atoms with Gasteiger partial charge < -0.3 is 14.2 Å². The second-order valence-corrected chi connectivity index (χ2v) is 5.27. The highest BCUT2D eigenvalue weighted by Gasteiger charge is 2.12. The lowest BCUT2D eigenvalue weighted by Crippen LogP contribution is -2.19. The highest BCUT2D eigenvalue weighted by Crippen LogP contribution is 2.25. The molecule has 0 spiro atoms. The standard InChI is InChI=1S/C18H14ClNO5/c1-23-17-7-4-13(8-15(17)19)16(21)10-25-18(22)11-24-14-5-2-12(9-20)3-6-14/h2-8H,10-11H2,1H3. The zero-order chi connectivity index (χ0) is 18.2. The van der Waals surface area contributed by atoms with E-state index in [1.807, 2.05) is 6.07 Å². The third-order valence-corrected chi connectivity index (χ3v) is 3.47. The summed E-state index contributed by atoms with van der Waals surface area (Å²) in [6.45, 7) is -0.763. The van der Waals surface area contributed by atoms with Crippen LogP contribution in [0.15, 0.2) is 42.5 Å². The second kappa shape index (κ2) is 8.71. The molecule has 0 aliphatic heterocycles. The third-order valence-electron chi connectivity index (χ3n) is 3.18. The van der Waals surface area contributed by atoms with Crippen molar-refractivity contribution < 1.29 is 23.8 Å². The molecule has 0 aliphatic carbocycles. The Hall–Kier alpha value is -3.04. The van der Waals surface area contributed by atoms with E-state index in [0.29, 0.717) is 27.6 Å². The summed E-state index contributed by atoms with van der Waals surface area (Å²) in [5, 5.41) is 8.99. The molecule has 0 radical (unpaired) electrons. The largest absolute Gasteiger partial charge is 0.495 e. The summed E-state index contributed by atoms with van der Waals surface area (Å²) in [5.41, 5.74) is 0.797. The van der Waals surface area contributed by atoms with E-state index in [-0.39, 0.29) is 6.61 Å². The van der Waals surface area contributed by atoms with Gasteiger partial charge in [0.25, 0.3) is 0 Å². The average Bonchev–Trinajstić information content (AvgIpc) is 2.64. The number of nitrogens with zero attached hydrogens (tertiary/aromatic N) is 1.